The third-order valence-electron chi connectivity index (χ3n) is 1.38. The summed E-state index contributed by atoms with van der Waals surface area (Å²) < 4.78 is 73.7. The summed E-state index contributed by atoms with van der Waals surface area (Å²) >= 11 is 1.26. The van der Waals surface area contributed by atoms with Crippen LogP contribution < -0.4 is 4.74 Å². The Bertz CT molecular complexity index is 547. The van der Waals surface area contributed by atoms with Crippen LogP contribution in [0.1, 0.15) is 0 Å². The molecule has 0 unspecified atom stereocenters. The molecule has 0 spiro atoms. The van der Waals surface area contributed by atoms with Crippen molar-refractivity contribution in [1.82, 2.24) is 4.98 Å². The molecule has 1 heterocycles. The average molecular weight is 405 g/mol. The van der Waals surface area contributed by atoms with Crippen molar-refractivity contribution in [2.45, 2.75) is 11.3 Å². The molecule has 0 aromatic carbocycles. The molecule has 0 aliphatic heterocycles. The zero-order chi connectivity index (χ0) is 13.4. The van der Waals surface area contributed by atoms with Crippen LogP contribution in [-0.2, 0) is 9.05 Å². The van der Waals surface area contributed by atoms with Gasteiger partial charge in [0.1, 0.15) is 8.60 Å². The van der Waals surface area contributed by atoms with Crippen LogP contribution in [0.25, 0.3) is 0 Å². The Labute approximate surface area is 110 Å². The Morgan fingerprint density at radius 2 is 1.94 bits per heavy atom. The number of pyridine rings is 1. The maximum absolute atomic E-state index is 13.4. The highest BCUT2D eigenvalue weighted by Gasteiger charge is 2.35. The fourth-order valence-corrected chi connectivity index (χ4v) is 2.10. The standard InChI is InChI=1S/C6HClF4INO3S/c7-17(14,15)2-1-13-5(12)4(3(2)8)16-6(9,10)11/h1H. The van der Waals surface area contributed by atoms with E-state index in [4.69, 9.17) is 10.7 Å². The van der Waals surface area contributed by atoms with E-state index in [1.165, 1.54) is 22.6 Å². The van der Waals surface area contributed by atoms with Gasteiger partial charge in [-0.05, 0) is 22.6 Å². The first-order valence-corrected chi connectivity index (χ1v) is 6.95. The molecule has 96 valence electrons. The third kappa shape index (κ3) is 3.81. The molecule has 0 atom stereocenters. The topological polar surface area (TPSA) is 56.3 Å². The van der Waals surface area contributed by atoms with Crippen LogP contribution in [0.2, 0.25) is 0 Å². The summed E-state index contributed by atoms with van der Waals surface area (Å²) in [5.74, 6) is -3.07. The molecule has 4 nitrogen and oxygen atoms in total. The fourth-order valence-electron chi connectivity index (χ4n) is 0.806. The molecular formula is C6HClF4INO3S. The van der Waals surface area contributed by atoms with Gasteiger partial charge in [-0.1, -0.05) is 0 Å². The Kier molecular flexibility index (Phi) is 4.08. The summed E-state index contributed by atoms with van der Waals surface area (Å²) in [6, 6.07) is 0. The molecular weight excluding hydrogens is 404 g/mol. The first-order chi connectivity index (χ1) is 7.52. The van der Waals surface area contributed by atoms with Gasteiger partial charge in [-0.15, -0.1) is 13.2 Å². The molecule has 0 aliphatic carbocycles. The molecule has 17 heavy (non-hydrogen) atoms. The summed E-state index contributed by atoms with van der Waals surface area (Å²) in [6.45, 7) is 0. The maximum Gasteiger partial charge on any atom is 0.573 e. The highest BCUT2D eigenvalue weighted by atomic mass is 127. The van der Waals surface area contributed by atoms with Crippen LogP contribution in [0.5, 0.6) is 5.75 Å². The molecule has 11 heteroatoms. The van der Waals surface area contributed by atoms with Crippen molar-refractivity contribution in [2.75, 3.05) is 0 Å². The van der Waals surface area contributed by atoms with Crippen molar-refractivity contribution < 1.29 is 30.7 Å². The number of hydrogen-bond acceptors (Lipinski definition) is 4. The molecule has 0 aliphatic rings. The van der Waals surface area contributed by atoms with Gasteiger partial charge in [0.05, 0.1) is 6.20 Å². The zero-order valence-corrected chi connectivity index (χ0v) is 11.2. The first-order valence-electron chi connectivity index (χ1n) is 3.57. The predicted octanol–water partition coefficient (Wildman–Crippen LogP) is 2.65. The van der Waals surface area contributed by atoms with E-state index >= 15 is 0 Å². The van der Waals surface area contributed by atoms with Gasteiger partial charge in [-0.3, -0.25) is 0 Å². The minimum atomic E-state index is -5.17. The number of nitrogens with zero attached hydrogens (tertiary/aromatic N) is 1. The Hall–Kier alpha value is -0.360. The van der Waals surface area contributed by atoms with Crippen LogP contribution in [-0.4, -0.2) is 19.8 Å². The van der Waals surface area contributed by atoms with Crippen LogP contribution in [0.4, 0.5) is 17.6 Å². The molecule has 1 aromatic rings. The van der Waals surface area contributed by atoms with E-state index in [1.54, 1.807) is 0 Å². The largest absolute Gasteiger partial charge is 0.573 e. The van der Waals surface area contributed by atoms with Crippen molar-refractivity contribution >= 4 is 42.3 Å². The van der Waals surface area contributed by atoms with Crippen LogP contribution in [0.3, 0.4) is 0 Å². The van der Waals surface area contributed by atoms with Crippen LogP contribution in [0.15, 0.2) is 11.1 Å². The molecule has 0 amide bonds. The average Bonchev–Trinajstić information content (AvgIpc) is 2.08. The van der Waals surface area contributed by atoms with Gasteiger partial charge in [-0.25, -0.2) is 17.8 Å². The Balaban J connectivity index is 3.41. The molecule has 0 radical (unpaired) electrons. The fraction of sp³-hybridized carbons (Fsp3) is 0.167. The Morgan fingerprint density at radius 1 is 1.41 bits per heavy atom. The Morgan fingerprint density at radius 3 is 2.35 bits per heavy atom. The monoisotopic (exact) mass is 405 g/mol. The van der Waals surface area contributed by atoms with Gasteiger partial charge in [0, 0.05) is 10.7 Å². The van der Waals surface area contributed by atoms with Crippen LogP contribution >= 0.6 is 33.3 Å². The van der Waals surface area contributed by atoms with Crippen molar-refractivity contribution in [3.8, 4) is 5.75 Å². The normalized spacial score (nSPS) is 12.6. The quantitative estimate of drug-likeness (QED) is 0.329. The lowest BCUT2D eigenvalue weighted by Gasteiger charge is -2.11. The van der Waals surface area contributed by atoms with E-state index in [-0.39, 0.29) is 0 Å². The molecule has 0 bridgehead atoms. The first kappa shape index (κ1) is 14.7. The number of aromatic nitrogens is 1. The lowest BCUT2D eigenvalue weighted by Crippen LogP contribution is -2.19. The van der Waals surface area contributed by atoms with Gasteiger partial charge in [-0.2, -0.15) is 0 Å². The smallest absolute Gasteiger partial charge is 0.400 e. The second-order valence-electron chi connectivity index (χ2n) is 2.54. The second-order valence-corrected chi connectivity index (χ2v) is 6.10. The van der Waals surface area contributed by atoms with Gasteiger partial charge < -0.3 is 4.74 Å². The molecule has 1 rings (SSSR count). The molecule has 1 aromatic heterocycles. The van der Waals surface area contributed by atoms with Gasteiger partial charge in [0.2, 0.25) is 0 Å². The number of alkyl halides is 3. The number of hydrogen-bond donors (Lipinski definition) is 0. The highest BCUT2D eigenvalue weighted by molar-refractivity contribution is 14.1. The highest BCUT2D eigenvalue weighted by Crippen LogP contribution is 2.33. The van der Waals surface area contributed by atoms with E-state index < -0.39 is 35.6 Å². The number of rotatable bonds is 2. The summed E-state index contributed by atoms with van der Waals surface area (Å²) in [5.41, 5.74) is 0. The zero-order valence-electron chi connectivity index (χ0n) is 7.43. The van der Waals surface area contributed by atoms with Crippen molar-refractivity contribution in [2.24, 2.45) is 0 Å². The summed E-state index contributed by atoms with van der Waals surface area (Å²) in [6.07, 6.45) is -4.67. The van der Waals surface area contributed by atoms with Crippen molar-refractivity contribution in [3.05, 3.63) is 15.7 Å². The number of ether oxygens (including phenoxy) is 1. The maximum atomic E-state index is 13.4. The molecule has 0 saturated heterocycles. The van der Waals surface area contributed by atoms with E-state index in [0.717, 1.165) is 0 Å². The molecule has 0 N–H and O–H groups in total. The van der Waals surface area contributed by atoms with Crippen molar-refractivity contribution in [1.29, 1.82) is 0 Å². The van der Waals surface area contributed by atoms with Gasteiger partial charge in [0.25, 0.3) is 9.05 Å². The SMILES string of the molecule is O=S(=O)(Cl)c1cnc(I)c(OC(F)(F)F)c1F. The summed E-state index contributed by atoms with van der Waals surface area (Å²) in [4.78, 5) is 2.07. The van der Waals surface area contributed by atoms with Gasteiger partial charge in [0.15, 0.2) is 11.6 Å². The summed E-state index contributed by atoms with van der Waals surface area (Å²) in [7, 11) is 0.268. The lowest BCUT2D eigenvalue weighted by atomic mass is 10.4. The van der Waals surface area contributed by atoms with Crippen molar-refractivity contribution in [3.63, 3.8) is 0 Å². The van der Waals surface area contributed by atoms with E-state index in [9.17, 15) is 26.0 Å². The predicted molar refractivity (Wildman–Crippen MR) is 56.6 cm³/mol. The minimum absolute atomic E-state index is 0.485. The molecule has 0 fully saturated rings. The van der Waals surface area contributed by atoms with E-state index in [1.807, 2.05) is 0 Å². The lowest BCUT2D eigenvalue weighted by molar-refractivity contribution is -0.276. The van der Waals surface area contributed by atoms with E-state index in [0.29, 0.717) is 6.20 Å². The molecule has 0 saturated carbocycles. The number of halogens is 6. The van der Waals surface area contributed by atoms with E-state index in [2.05, 4.69) is 9.72 Å². The summed E-state index contributed by atoms with van der Waals surface area (Å²) in [5, 5.41) is 0. The van der Waals surface area contributed by atoms with Crippen LogP contribution in [0, 0.1) is 9.52 Å². The second kappa shape index (κ2) is 4.72. The minimum Gasteiger partial charge on any atom is -0.400 e. The van der Waals surface area contributed by atoms with Gasteiger partial charge >= 0.3 is 6.36 Å². The third-order valence-corrected chi connectivity index (χ3v) is 3.46.